The van der Waals surface area contributed by atoms with E-state index in [0.29, 0.717) is 44.0 Å². The number of rotatable bonds is 5. The van der Waals surface area contributed by atoms with E-state index in [1.165, 1.54) is 10.5 Å². The summed E-state index contributed by atoms with van der Waals surface area (Å²) in [7, 11) is 0. The fourth-order valence-electron chi connectivity index (χ4n) is 3.59. The molecule has 0 bridgehead atoms. The normalized spacial score (nSPS) is 16.9. The van der Waals surface area contributed by atoms with Crippen molar-refractivity contribution in [2.75, 3.05) is 24.6 Å². The van der Waals surface area contributed by atoms with E-state index in [1.807, 2.05) is 17.9 Å². The van der Waals surface area contributed by atoms with Gasteiger partial charge in [-0.3, -0.25) is 18.8 Å². The van der Waals surface area contributed by atoms with E-state index in [9.17, 15) is 19.6 Å². The van der Waals surface area contributed by atoms with Crippen LogP contribution < -0.4 is 16.2 Å². The van der Waals surface area contributed by atoms with Crippen LogP contribution in [0.5, 0.6) is 0 Å². The highest BCUT2D eigenvalue weighted by Gasteiger charge is 2.29. The highest BCUT2D eigenvalue weighted by Crippen LogP contribution is 2.26. The number of nitriles is 1. The molecule has 156 valence electrons. The number of pyridine rings is 1. The lowest BCUT2D eigenvalue weighted by atomic mass is 9.97. The minimum absolute atomic E-state index is 0.0814. The molecule has 1 saturated heterocycles. The molecule has 3 rings (SSSR count). The van der Waals surface area contributed by atoms with Crippen LogP contribution in [-0.4, -0.2) is 41.0 Å². The average Bonchev–Trinajstić information content (AvgIpc) is 2.73. The highest BCUT2D eigenvalue weighted by molar-refractivity contribution is 6.01. The largest absolute Gasteiger partial charge is 0.466 e. The number of hydrogen-bond donors (Lipinski definition) is 1. The van der Waals surface area contributed by atoms with Crippen molar-refractivity contribution in [1.82, 2.24) is 9.38 Å². The molecular formula is C21H23N5O4. The van der Waals surface area contributed by atoms with Gasteiger partial charge >= 0.3 is 5.97 Å². The van der Waals surface area contributed by atoms with Gasteiger partial charge < -0.3 is 15.4 Å². The summed E-state index contributed by atoms with van der Waals surface area (Å²) in [6.45, 7) is 4.78. The summed E-state index contributed by atoms with van der Waals surface area (Å²) in [5.41, 5.74) is 5.84. The van der Waals surface area contributed by atoms with Gasteiger partial charge in [0.25, 0.3) is 11.5 Å². The topological polar surface area (TPSA) is 131 Å². The number of anilines is 1. The van der Waals surface area contributed by atoms with E-state index in [1.54, 1.807) is 25.3 Å². The first-order valence-electron chi connectivity index (χ1n) is 9.72. The van der Waals surface area contributed by atoms with Crippen molar-refractivity contribution in [3.63, 3.8) is 0 Å². The van der Waals surface area contributed by atoms with E-state index in [-0.39, 0.29) is 23.0 Å². The number of aromatic nitrogens is 2. The Balaban J connectivity index is 2.19. The van der Waals surface area contributed by atoms with Crippen LogP contribution in [0.1, 0.15) is 30.9 Å². The fraction of sp³-hybridized carbons (Fsp3) is 0.381. The zero-order valence-corrected chi connectivity index (χ0v) is 16.9. The lowest BCUT2D eigenvalue weighted by Gasteiger charge is -2.33. The molecule has 1 aliphatic rings. The molecule has 0 radical (unpaired) electrons. The first kappa shape index (κ1) is 21.0. The third kappa shape index (κ3) is 4.03. The summed E-state index contributed by atoms with van der Waals surface area (Å²) in [4.78, 5) is 43.6. The Hall–Kier alpha value is -3.67. The number of nitrogens with two attached hydrogens (primary N) is 1. The Kier molecular flexibility index (Phi) is 6.16. The van der Waals surface area contributed by atoms with Gasteiger partial charge in [-0.05, 0) is 44.4 Å². The summed E-state index contributed by atoms with van der Waals surface area (Å²) in [5, 5.41) is 9.26. The molecule has 1 unspecified atom stereocenters. The van der Waals surface area contributed by atoms with Gasteiger partial charge in [-0.1, -0.05) is 6.07 Å². The number of primary amides is 1. The molecule has 1 amide bonds. The lowest BCUT2D eigenvalue weighted by molar-refractivity contribution is -0.148. The van der Waals surface area contributed by atoms with Crippen LogP contribution in [0.15, 0.2) is 28.7 Å². The lowest BCUT2D eigenvalue weighted by Crippen LogP contribution is -2.41. The van der Waals surface area contributed by atoms with Crippen LogP contribution in [0, 0.1) is 24.2 Å². The number of carbonyl (C=O) groups excluding carboxylic acids is 2. The molecule has 2 aromatic heterocycles. The van der Waals surface area contributed by atoms with E-state index < -0.39 is 11.5 Å². The number of amides is 1. The number of nitrogens with zero attached hydrogens (tertiary/aromatic N) is 4. The Labute approximate surface area is 173 Å². The van der Waals surface area contributed by atoms with Crippen LogP contribution in [0.3, 0.4) is 0 Å². The van der Waals surface area contributed by atoms with Crippen LogP contribution in [0.2, 0.25) is 0 Å². The smallest absolute Gasteiger partial charge is 0.310 e. The van der Waals surface area contributed by atoms with Crippen molar-refractivity contribution in [3.8, 4) is 6.07 Å². The van der Waals surface area contributed by atoms with Crippen LogP contribution in [0.25, 0.3) is 11.7 Å². The predicted molar refractivity (Wildman–Crippen MR) is 111 cm³/mol. The zero-order chi connectivity index (χ0) is 21.8. The quantitative estimate of drug-likeness (QED) is 0.445. The molecule has 1 aliphatic heterocycles. The summed E-state index contributed by atoms with van der Waals surface area (Å²) in [6.07, 6.45) is 4.14. The molecule has 0 saturated carbocycles. The van der Waals surface area contributed by atoms with Crippen molar-refractivity contribution in [2.45, 2.75) is 26.7 Å². The van der Waals surface area contributed by atoms with Crippen molar-refractivity contribution in [2.24, 2.45) is 11.7 Å². The minimum Gasteiger partial charge on any atom is -0.466 e. The third-order valence-electron chi connectivity index (χ3n) is 5.08. The fourth-order valence-corrected chi connectivity index (χ4v) is 3.59. The molecule has 9 nitrogen and oxygen atoms in total. The summed E-state index contributed by atoms with van der Waals surface area (Å²) in [5.74, 6) is -1.25. The Bertz CT molecular complexity index is 1130. The molecule has 9 heteroatoms. The maximum absolute atomic E-state index is 13.2. The summed E-state index contributed by atoms with van der Waals surface area (Å²) >= 11 is 0. The molecule has 2 N–H and O–H groups in total. The first-order valence-corrected chi connectivity index (χ1v) is 9.72. The molecule has 2 aromatic rings. The summed E-state index contributed by atoms with van der Waals surface area (Å²) < 4.78 is 6.52. The molecule has 0 aliphatic carbocycles. The van der Waals surface area contributed by atoms with E-state index >= 15 is 0 Å². The molecular weight excluding hydrogens is 386 g/mol. The van der Waals surface area contributed by atoms with Crippen molar-refractivity contribution < 1.29 is 14.3 Å². The number of piperidine rings is 1. The second-order valence-corrected chi connectivity index (χ2v) is 7.11. The van der Waals surface area contributed by atoms with Crippen molar-refractivity contribution in [1.29, 1.82) is 5.26 Å². The number of fused-ring (bicyclic) bond motifs is 1. The summed E-state index contributed by atoms with van der Waals surface area (Å²) in [6, 6.07) is 5.28. The number of aryl methyl sites for hydroxylation is 1. The molecule has 1 atom stereocenters. The van der Waals surface area contributed by atoms with Crippen molar-refractivity contribution >= 4 is 29.4 Å². The van der Waals surface area contributed by atoms with Gasteiger partial charge in [0.2, 0.25) is 0 Å². The van der Waals surface area contributed by atoms with Gasteiger partial charge in [0.15, 0.2) is 0 Å². The van der Waals surface area contributed by atoms with Gasteiger partial charge in [-0.25, -0.2) is 4.98 Å². The van der Waals surface area contributed by atoms with E-state index in [2.05, 4.69) is 4.98 Å². The Morgan fingerprint density at radius 2 is 2.23 bits per heavy atom. The first-order chi connectivity index (χ1) is 14.4. The predicted octanol–water partition coefficient (Wildman–Crippen LogP) is 1.17. The average molecular weight is 409 g/mol. The number of hydrogen-bond acceptors (Lipinski definition) is 7. The van der Waals surface area contributed by atoms with E-state index in [0.717, 1.165) is 5.56 Å². The minimum atomic E-state index is -0.930. The van der Waals surface area contributed by atoms with Gasteiger partial charge in [0, 0.05) is 19.3 Å². The van der Waals surface area contributed by atoms with E-state index in [4.69, 9.17) is 10.5 Å². The molecule has 0 aromatic carbocycles. The second-order valence-electron chi connectivity index (χ2n) is 7.11. The molecule has 1 fully saturated rings. The maximum Gasteiger partial charge on any atom is 0.310 e. The molecule has 0 spiro atoms. The van der Waals surface area contributed by atoms with Gasteiger partial charge in [-0.15, -0.1) is 0 Å². The number of esters is 1. The Morgan fingerprint density at radius 3 is 2.90 bits per heavy atom. The standard InChI is InChI=1S/C21H23N5O4/c1-3-30-21(29)14-7-5-8-25(12-14)19-16(10-15(11-22)17(23)27)20(28)26-9-4-6-13(2)18(26)24-19/h4,6,9-10,14H,3,5,7-8,12H2,1-2H3,(H2,23,27)/b15-10+. The second kappa shape index (κ2) is 8.78. The number of carbonyl (C=O) groups is 2. The highest BCUT2D eigenvalue weighted by atomic mass is 16.5. The van der Waals surface area contributed by atoms with Gasteiger partial charge in [0.05, 0.1) is 18.1 Å². The number of ether oxygens (including phenoxy) is 1. The van der Waals surface area contributed by atoms with Crippen LogP contribution >= 0.6 is 0 Å². The SMILES string of the molecule is CCOC(=O)C1CCCN(c2nc3c(C)cccn3c(=O)c2/C=C(\C#N)C(N)=O)C1. The van der Waals surface area contributed by atoms with Gasteiger partial charge in [-0.2, -0.15) is 5.26 Å². The maximum atomic E-state index is 13.2. The monoisotopic (exact) mass is 409 g/mol. The Morgan fingerprint density at radius 1 is 1.47 bits per heavy atom. The third-order valence-corrected chi connectivity index (χ3v) is 5.08. The van der Waals surface area contributed by atoms with Crippen molar-refractivity contribution in [3.05, 3.63) is 45.4 Å². The molecule has 3 heterocycles. The van der Waals surface area contributed by atoms with Crippen LogP contribution in [0.4, 0.5) is 5.82 Å². The zero-order valence-electron chi connectivity index (χ0n) is 16.9. The molecule has 30 heavy (non-hydrogen) atoms. The van der Waals surface area contributed by atoms with Gasteiger partial charge in [0.1, 0.15) is 23.1 Å². The van der Waals surface area contributed by atoms with Crippen LogP contribution in [-0.2, 0) is 14.3 Å².